The lowest BCUT2D eigenvalue weighted by Gasteiger charge is -2.24. The Hall–Kier alpha value is -0.540. The Morgan fingerprint density at radius 1 is 1.50 bits per heavy atom. The molecule has 12 heavy (non-hydrogen) atoms. The van der Waals surface area contributed by atoms with E-state index in [4.69, 9.17) is 0 Å². The fraction of sp³-hybridized carbons (Fsp3) is 0.333. The molecule has 1 aliphatic rings. The van der Waals surface area contributed by atoms with Crippen LogP contribution in [0.4, 0.5) is 0 Å². The summed E-state index contributed by atoms with van der Waals surface area (Å²) in [6, 6.07) is 0.516. The second kappa shape index (κ2) is 7.13. The second-order valence-electron chi connectivity index (χ2n) is 2.48. The molecule has 0 saturated heterocycles. The quantitative estimate of drug-likeness (QED) is 0.744. The van der Waals surface area contributed by atoms with Crippen molar-refractivity contribution in [3.05, 3.63) is 37.1 Å². The molecule has 0 radical (unpaired) electrons. The molecule has 0 amide bonds. The Morgan fingerprint density at radius 3 is 2.67 bits per heavy atom. The predicted molar refractivity (Wildman–Crippen MR) is 60.0 cm³/mol. The summed E-state index contributed by atoms with van der Waals surface area (Å²) in [4.78, 5) is 2.18. The van der Waals surface area contributed by atoms with Crippen molar-refractivity contribution >= 4 is 17.0 Å². The summed E-state index contributed by atoms with van der Waals surface area (Å²) >= 11 is 0. The third-order valence-electron chi connectivity index (χ3n) is 1.70. The van der Waals surface area contributed by atoms with Gasteiger partial charge in [0, 0.05) is 7.05 Å². The van der Waals surface area contributed by atoms with Crippen molar-refractivity contribution in [3.63, 3.8) is 0 Å². The minimum absolute atomic E-state index is 0. The van der Waals surface area contributed by atoms with Crippen molar-refractivity contribution in [2.24, 2.45) is 0 Å². The lowest BCUT2D eigenvalue weighted by molar-refractivity contribution is 0.382. The van der Waals surface area contributed by atoms with E-state index in [1.807, 2.05) is 12.2 Å². The van der Waals surface area contributed by atoms with Gasteiger partial charge in [-0.3, -0.25) is 0 Å². The van der Waals surface area contributed by atoms with Crippen molar-refractivity contribution in [2.45, 2.75) is 12.5 Å². The van der Waals surface area contributed by atoms with Crippen molar-refractivity contribution in [1.82, 2.24) is 11.1 Å². The molecular formula is C9H17BrN2. The van der Waals surface area contributed by atoms with Gasteiger partial charge >= 0.3 is 0 Å². The summed E-state index contributed by atoms with van der Waals surface area (Å²) in [7, 11) is 2.08. The Balaban J connectivity index is 0. The predicted octanol–water partition coefficient (Wildman–Crippen LogP) is 2.69. The van der Waals surface area contributed by atoms with Crippen LogP contribution >= 0.6 is 17.0 Å². The van der Waals surface area contributed by atoms with Crippen LogP contribution in [0.5, 0.6) is 0 Å². The highest BCUT2D eigenvalue weighted by Gasteiger charge is 2.06. The van der Waals surface area contributed by atoms with Gasteiger partial charge in [-0.2, -0.15) is 0 Å². The van der Waals surface area contributed by atoms with Gasteiger partial charge in [-0.25, -0.2) is 0 Å². The highest BCUT2D eigenvalue weighted by Crippen LogP contribution is 2.08. The molecule has 3 heteroatoms. The van der Waals surface area contributed by atoms with Crippen LogP contribution in [0.3, 0.4) is 0 Å². The zero-order valence-electron chi connectivity index (χ0n) is 7.44. The summed E-state index contributed by atoms with van der Waals surface area (Å²) in [5.41, 5.74) is 0. The van der Waals surface area contributed by atoms with Crippen LogP contribution in [0.1, 0.15) is 6.42 Å². The molecule has 1 aliphatic heterocycles. The molecule has 0 aromatic rings. The van der Waals surface area contributed by atoms with E-state index in [2.05, 4.69) is 36.9 Å². The Bertz CT molecular complexity index is 175. The minimum Gasteiger partial charge on any atom is -0.374 e. The van der Waals surface area contributed by atoms with Crippen LogP contribution in [0.15, 0.2) is 37.1 Å². The normalized spacial score (nSPS) is 19.4. The maximum Gasteiger partial charge on any atom is 0.0501 e. The fourth-order valence-electron chi connectivity index (χ4n) is 1.04. The molecule has 3 N–H and O–H groups in total. The molecule has 0 aromatic carbocycles. The van der Waals surface area contributed by atoms with Crippen LogP contribution in [-0.4, -0.2) is 18.0 Å². The summed E-state index contributed by atoms with van der Waals surface area (Å²) in [5, 5.41) is 0. The number of hydrogen-bond donors (Lipinski definition) is 1. The Kier molecular flexibility index (Phi) is 8.32. The van der Waals surface area contributed by atoms with Gasteiger partial charge < -0.3 is 11.1 Å². The fourth-order valence-corrected chi connectivity index (χ4v) is 1.04. The highest BCUT2D eigenvalue weighted by atomic mass is 79.9. The van der Waals surface area contributed by atoms with Gasteiger partial charge in [-0.05, 0) is 18.7 Å². The average molecular weight is 233 g/mol. The zero-order chi connectivity index (χ0) is 7.40. The number of allylic oxidation sites excluding steroid dienone is 2. The van der Waals surface area contributed by atoms with Crippen molar-refractivity contribution < 1.29 is 0 Å². The summed E-state index contributed by atoms with van der Waals surface area (Å²) in [6.07, 6.45) is 11.4. The first-order valence-electron chi connectivity index (χ1n) is 3.52. The van der Waals surface area contributed by atoms with Gasteiger partial charge in [0.15, 0.2) is 0 Å². The summed E-state index contributed by atoms with van der Waals surface area (Å²) < 4.78 is 0. The largest absolute Gasteiger partial charge is 0.374 e. The first-order valence-corrected chi connectivity index (χ1v) is 3.52. The van der Waals surface area contributed by atoms with Gasteiger partial charge in [-0.15, -0.1) is 23.6 Å². The Labute approximate surface area is 85.0 Å². The molecule has 1 unspecified atom stereocenters. The number of halogens is 1. The van der Waals surface area contributed by atoms with E-state index in [1.54, 1.807) is 0 Å². The van der Waals surface area contributed by atoms with Gasteiger partial charge in [0.05, 0.1) is 6.04 Å². The molecule has 1 rings (SSSR count). The molecule has 0 fully saturated rings. The van der Waals surface area contributed by atoms with Crippen LogP contribution in [0.25, 0.3) is 0 Å². The first-order chi connectivity index (χ1) is 4.84. The van der Waals surface area contributed by atoms with Gasteiger partial charge in [-0.1, -0.05) is 18.2 Å². The first kappa shape index (κ1) is 14.0. The SMILES string of the molecule is Br.C=CCC1C=CC=CN1C.N. The number of rotatable bonds is 2. The molecule has 1 heterocycles. The van der Waals surface area contributed by atoms with Crippen LogP contribution in [-0.2, 0) is 0 Å². The minimum atomic E-state index is 0. The molecule has 1 atom stereocenters. The standard InChI is InChI=1S/C9H13N.BrH.H3N/c1-3-6-9-7-4-5-8-10(9)2;;/h3-5,7-9H,1,6H2,2H3;1H;1H3. The molecule has 0 aliphatic carbocycles. The van der Waals surface area contributed by atoms with Crippen molar-refractivity contribution in [1.29, 1.82) is 0 Å². The lowest BCUT2D eigenvalue weighted by Crippen LogP contribution is -2.25. The van der Waals surface area contributed by atoms with Crippen molar-refractivity contribution in [3.8, 4) is 0 Å². The number of likely N-dealkylation sites (N-methyl/N-ethyl adjacent to an activating group) is 1. The highest BCUT2D eigenvalue weighted by molar-refractivity contribution is 8.93. The average Bonchev–Trinajstić information content (AvgIpc) is 1.94. The smallest absolute Gasteiger partial charge is 0.0501 e. The van der Waals surface area contributed by atoms with Gasteiger partial charge in [0.1, 0.15) is 0 Å². The molecule has 0 aromatic heterocycles. The van der Waals surface area contributed by atoms with Crippen LogP contribution in [0, 0.1) is 0 Å². The number of hydrogen-bond acceptors (Lipinski definition) is 2. The van der Waals surface area contributed by atoms with E-state index < -0.39 is 0 Å². The van der Waals surface area contributed by atoms with E-state index in [9.17, 15) is 0 Å². The lowest BCUT2D eigenvalue weighted by atomic mass is 10.1. The zero-order valence-corrected chi connectivity index (χ0v) is 9.15. The third-order valence-corrected chi connectivity index (χ3v) is 1.70. The van der Waals surface area contributed by atoms with Crippen LogP contribution < -0.4 is 6.15 Å². The molecule has 70 valence electrons. The second-order valence-corrected chi connectivity index (χ2v) is 2.48. The molecule has 0 saturated carbocycles. The topological polar surface area (TPSA) is 38.2 Å². The molecule has 0 spiro atoms. The van der Waals surface area contributed by atoms with Gasteiger partial charge in [0.25, 0.3) is 0 Å². The summed E-state index contributed by atoms with van der Waals surface area (Å²) in [5.74, 6) is 0. The summed E-state index contributed by atoms with van der Waals surface area (Å²) in [6.45, 7) is 3.70. The van der Waals surface area contributed by atoms with E-state index >= 15 is 0 Å². The van der Waals surface area contributed by atoms with E-state index in [-0.39, 0.29) is 23.1 Å². The molecule has 0 bridgehead atoms. The molecular weight excluding hydrogens is 216 g/mol. The number of nitrogens with zero attached hydrogens (tertiary/aromatic N) is 1. The van der Waals surface area contributed by atoms with E-state index in [1.165, 1.54) is 0 Å². The van der Waals surface area contributed by atoms with Gasteiger partial charge in [0.2, 0.25) is 0 Å². The maximum absolute atomic E-state index is 3.70. The Morgan fingerprint density at radius 2 is 2.17 bits per heavy atom. The maximum atomic E-state index is 3.70. The van der Waals surface area contributed by atoms with E-state index in [0.29, 0.717) is 6.04 Å². The monoisotopic (exact) mass is 232 g/mol. The van der Waals surface area contributed by atoms with Crippen molar-refractivity contribution in [2.75, 3.05) is 7.05 Å². The van der Waals surface area contributed by atoms with Crippen LogP contribution in [0.2, 0.25) is 0 Å². The van der Waals surface area contributed by atoms with E-state index in [0.717, 1.165) is 6.42 Å². The third kappa shape index (κ3) is 3.74. The molecule has 2 nitrogen and oxygen atoms in total.